The van der Waals surface area contributed by atoms with Gasteiger partial charge in [0.1, 0.15) is 11.4 Å². The summed E-state index contributed by atoms with van der Waals surface area (Å²) in [6, 6.07) is 14.7. The van der Waals surface area contributed by atoms with Crippen LogP contribution in [0.2, 0.25) is 0 Å². The molecule has 174 valence electrons. The van der Waals surface area contributed by atoms with Crippen LogP contribution in [0.25, 0.3) is 21.2 Å². The van der Waals surface area contributed by atoms with Crippen molar-refractivity contribution in [1.82, 2.24) is 4.98 Å². The summed E-state index contributed by atoms with van der Waals surface area (Å²) in [4.78, 5) is 33.3. The number of benzene rings is 3. The van der Waals surface area contributed by atoms with Gasteiger partial charge in [-0.15, -0.1) is 0 Å². The molecule has 6 rings (SSSR count). The third-order valence-corrected chi connectivity index (χ3v) is 6.94. The van der Waals surface area contributed by atoms with Crippen LogP contribution in [0.5, 0.6) is 11.5 Å². The number of fused-ring (bicyclic) bond motifs is 3. The normalized spacial score (nSPS) is 15.2. The first-order chi connectivity index (χ1) is 17.0. The SMILES string of the molecule is CCOc1cc(C2c3c(oc4ccccc4c3=O)C(=O)N2c2nc3ccc(F)cc3s2)ccc1O. The predicted octanol–water partition coefficient (Wildman–Crippen LogP) is 5.40. The number of carbonyl (C=O) groups is 1. The van der Waals surface area contributed by atoms with Crippen LogP contribution in [0, 0.1) is 5.82 Å². The molecule has 0 spiro atoms. The van der Waals surface area contributed by atoms with Gasteiger partial charge in [0.2, 0.25) is 5.76 Å². The summed E-state index contributed by atoms with van der Waals surface area (Å²) < 4.78 is 25.9. The summed E-state index contributed by atoms with van der Waals surface area (Å²) >= 11 is 1.14. The topological polar surface area (TPSA) is 92.9 Å². The lowest BCUT2D eigenvalue weighted by atomic mass is 9.98. The highest BCUT2D eigenvalue weighted by molar-refractivity contribution is 7.22. The fraction of sp³-hybridized carbons (Fsp3) is 0.115. The number of aromatic nitrogens is 1. The van der Waals surface area contributed by atoms with Gasteiger partial charge in [0, 0.05) is 0 Å². The van der Waals surface area contributed by atoms with Gasteiger partial charge in [-0.1, -0.05) is 29.5 Å². The molecular formula is C26H17FN2O5S. The Morgan fingerprint density at radius 3 is 2.80 bits per heavy atom. The van der Waals surface area contributed by atoms with Crippen LogP contribution in [-0.2, 0) is 0 Å². The zero-order valence-electron chi connectivity index (χ0n) is 18.3. The summed E-state index contributed by atoms with van der Waals surface area (Å²) in [7, 11) is 0. The largest absolute Gasteiger partial charge is 0.504 e. The zero-order chi connectivity index (χ0) is 24.3. The fourth-order valence-corrected chi connectivity index (χ4v) is 5.41. The number of nitrogens with zero attached hydrogens (tertiary/aromatic N) is 2. The number of rotatable bonds is 4. The number of ether oxygens (including phenoxy) is 1. The maximum absolute atomic E-state index is 13.8. The number of phenolic OH excluding ortho intramolecular Hbond substituents is 1. The highest BCUT2D eigenvalue weighted by Crippen LogP contribution is 2.45. The standard InChI is InChI=1S/C26H17FN2O5S/c1-2-33-19-11-13(7-10-17(19)30)22-21-23(31)15-5-3-4-6-18(15)34-24(21)25(32)29(22)26-28-16-9-8-14(27)12-20(16)35-26/h3-12,22,30H,2H2,1H3. The molecule has 1 amide bonds. The van der Waals surface area contributed by atoms with Crippen LogP contribution in [-0.4, -0.2) is 22.6 Å². The van der Waals surface area contributed by atoms with E-state index in [1.54, 1.807) is 49.4 Å². The van der Waals surface area contributed by atoms with E-state index in [0.717, 1.165) is 11.3 Å². The second-order valence-electron chi connectivity index (χ2n) is 8.02. The molecule has 2 aromatic heterocycles. The average molecular weight is 488 g/mol. The van der Waals surface area contributed by atoms with Crippen LogP contribution in [0.1, 0.15) is 34.6 Å². The van der Waals surface area contributed by atoms with Gasteiger partial charge in [0.05, 0.1) is 33.8 Å². The van der Waals surface area contributed by atoms with Crippen LogP contribution in [0.3, 0.4) is 0 Å². The molecule has 1 atom stereocenters. The van der Waals surface area contributed by atoms with Crippen molar-refractivity contribution in [2.45, 2.75) is 13.0 Å². The van der Waals surface area contributed by atoms with E-state index in [0.29, 0.717) is 38.5 Å². The monoisotopic (exact) mass is 488 g/mol. The van der Waals surface area contributed by atoms with Crippen molar-refractivity contribution in [2.24, 2.45) is 0 Å². The van der Waals surface area contributed by atoms with E-state index >= 15 is 0 Å². The van der Waals surface area contributed by atoms with Crippen molar-refractivity contribution < 1.29 is 23.4 Å². The van der Waals surface area contributed by atoms with E-state index in [1.807, 2.05) is 0 Å². The first-order valence-electron chi connectivity index (χ1n) is 10.9. The third-order valence-electron chi connectivity index (χ3n) is 5.92. The van der Waals surface area contributed by atoms with E-state index in [9.17, 15) is 19.1 Å². The van der Waals surface area contributed by atoms with Crippen LogP contribution in [0.15, 0.2) is 69.9 Å². The molecule has 0 fully saturated rings. The first-order valence-corrected chi connectivity index (χ1v) is 11.7. The van der Waals surface area contributed by atoms with Gasteiger partial charge in [-0.2, -0.15) is 0 Å². The predicted molar refractivity (Wildman–Crippen MR) is 130 cm³/mol. The number of halogens is 1. The number of hydrogen-bond acceptors (Lipinski definition) is 7. The molecule has 0 aliphatic carbocycles. The van der Waals surface area contributed by atoms with Gasteiger partial charge in [-0.05, 0) is 55.0 Å². The van der Waals surface area contributed by atoms with Gasteiger partial charge in [-0.25, -0.2) is 9.37 Å². The van der Waals surface area contributed by atoms with Crippen molar-refractivity contribution in [1.29, 1.82) is 0 Å². The average Bonchev–Trinajstić information content (AvgIpc) is 3.39. The van der Waals surface area contributed by atoms with E-state index in [2.05, 4.69) is 4.98 Å². The summed E-state index contributed by atoms with van der Waals surface area (Å²) in [5.41, 5.74) is 1.20. The minimum atomic E-state index is -0.886. The number of anilines is 1. The molecule has 0 bridgehead atoms. The molecule has 1 aliphatic rings. The molecule has 1 unspecified atom stereocenters. The number of carbonyl (C=O) groups excluding carboxylic acids is 1. The third kappa shape index (κ3) is 3.27. The minimum Gasteiger partial charge on any atom is -0.504 e. The summed E-state index contributed by atoms with van der Waals surface area (Å²) in [6.45, 7) is 2.10. The lowest BCUT2D eigenvalue weighted by Crippen LogP contribution is -2.29. The molecule has 0 saturated carbocycles. The molecule has 3 heterocycles. The number of thiazole rings is 1. The van der Waals surface area contributed by atoms with Crippen molar-refractivity contribution >= 4 is 43.6 Å². The number of hydrogen-bond donors (Lipinski definition) is 1. The van der Waals surface area contributed by atoms with Gasteiger partial charge < -0.3 is 14.3 Å². The van der Waals surface area contributed by atoms with Crippen molar-refractivity contribution in [2.75, 3.05) is 11.5 Å². The maximum Gasteiger partial charge on any atom is 0.297 e. The van der Waals surface area contributed by atoms with E-state index in [4.69, 9.17) is 9.15 Å². The molecule has 0 radical (unpaired) electrons. The number of para-hydroxylation sites is 1. The Hall–Kier alpha value is -4.24. The van der Waals surface area contributed by atoms with Gasteiger partial charge in [0.15, 0.2) is 22.1 Å². The Bertz CT molecular complexity index is 1710. The zero-order valence-corrected chi connectivity index (χ0v) is 19.1. The number of aromatic hydroxyl groups is 1. The van der Waals surface area contributed by atoms with E-state index in [-0.39, 0.29) is 28.3 Å². The molecule has 9 heteroatoms. The van der Waals surface area contributed by atoms with Crippen LogP contribution in [0.4, 0.5) is 9.52 Å². The van der Waals surface area contributed by atoms with Gasteiger partial charge >= 0.3 is 0 Å². The second-order valence-corrected chi connectivity index (χ2v) is 9.03. The Morgan fingerprint density at radius 2 is 1.97 bits per heavy atom. The first kappa shape index (κ1) is 21.3. The van der Waals surface area contributed by atoms with Crippen LogP contribution < -0.4 is 15.1 Å². The highest BCUT2D eigenvalue weighted by atomic mass is 32.1. The molecule has 5 aromatic rings. The van der Waals surface area contributed by atoms with E-state index in [1.165, 1.54) is 23.1 Å². The van der Waals surface area contributed by atoms with Gasteiger partial charge in [0.25, 0.3) is 5.91 Å². The number of amides is 1. The molecular weight excluding hydrogens is 471 g/mol. The summed E-state index contributed by atoms with van der Waals surface area (Å²) in [6.07, 6.45) is 0. The van der Waals surface area contributed by atoms with Gasteiger partial charge in [-0.3, -0.25) is 14.5 Å². The highest BCUT2D eigenvalue weighted by Gasteiger charge is 2.45. The Kier molecular flexibility index (Phi) is 4.82. The second kappa shape index (κ2) is 7.92. The molecule has 0 saturated heterocycles. The lowest BCUT2D eigenvalue weighted by molar-refractivity contribution is 0.0971. The summed E-state index contributed by atoms with van der Waals surface area (Å²) in [5.74, 6) is -0.855. The smallest absolute Gasteiger partial charge is 0.297 e. The minimum absolute atomic E-state index is 0.0623. The number of phenols is 1. The Morgan fingerprint density at radius 1 is 1.14 bits per heavy atom. The maximum atomic E-state index is 13.8. The lowest BCUT2D eigenvalue weighted by Gasteiger charge is -2.23. The quantitative estimate of drug-likeness (QED) is 0.364. The molecule has 35 heavy (non-hydrogen) atoms. The molecule has 7 nitrogen and oxygen atoms in total. The Balaban J connectivity index is 1.63. The molecule has 1 aliphatic heterocycles. The fourth-order valence-electron chi connectivity index (χ4n) is 4.39. The van der Waals surface area contributed by atoms with Crippen molar-refractivity contribution in [3.05, 3.63) is 93.6 Å². The Labute approximate surface area is 201 Å². The van der Waals surface area contributed by atoms with Crippen molar-refractivity contribution in [3.8, 4) is 11.5 Å². The molecule has 1 N–H and O–H groups in total. The van der Waals surface area contributed by atoms with Crippen molar-refractivity contribution in [3.63, 3.8) is 0 Å². The van der Waals surface area contributed by atoms with E-state index < -0.39 is 17.8 Å². The summed E-state index contributed by atoms with van der Waals surface area (Å²) in [5, 5.41) is 10.9. The van der Waals surface area contributed by atoms with Crippen LogP contribution >= 0.6 is 11.3 Å². The molecule has 3 aromatic carbocycles.